The third-order valence-electron chi connectivity index (χ3n) is 1.67. The summed E-state index contributed by atoms with van der Waals surface area (Å²) >= 11 is 0. The van der Waals surface area contributed by atoms with E-state index in [4.69, 9.17) is 16.6 Å². The zero-order chi connectivity index (χ0) is 10.4. The summed E-state index contributed by atoms with van der Waals surface area (Å²) in [4.78, 5) is 21.1. The number of carboxylic acid groups (broad SMARTS) is 1. The van der Waals surface area contributed by atoms with Gasteiger partial charge in [-0.05, 0) is 18.9 Å². The molecule has 2 atom stereocenters. The topological polar surface area (TPSA) is 106 Å². The summed E-state index contributed by atoms with van der Waals surface area (Å²) in [5, 5.41) is 8.42. The van der Waals surface area contributed by atoms with Crippen molar-refractivity contribution < 1.29 is 14.7 Å². The van der Waals surface area contributed by atoms with Gasteiger partial charge in [-0.15, -0.1) is 0 Å². The molecule has 0 saturated carbocycles. The molecule has 1 unspecified atom stereocenters. The molecule has 0 aliphatic carbocycles. The molecule has 0 amide bonds. The Balaban J connectivity index is 3.82. The van der Waals surface area contributed by atoms with Crippen LogP contribution in [0.4, 0.5) is 0 Å². The van der Waals surface area contributed by atoms with Crippen molar-refractivity contribution in [2.24, 2.45) is 11.5 Å². The lowest BCUT2D eigenvalue weighted by molar-refractivity contribution is -0.138. The van der Waals surface area contributed by atoms with Gasteiger partial charge in [0.05, 0.1) is 6.04 Å². The first-order valence-corrected chi connectivity index (χ1v) is 3.89. The second-order valence-corrected chi connectivity index (χ2v) is 2.74. The first-order chi connectivity index (χ1) is 5.99. The third-order valence-corrected chi connectivity index (χ3v) is 1.67. The first-order valence-electron chi connectivity index (χ1n) is 3.89. The lowest BCUT2D eigenvalue weighted by Crippen LogP contribution is -2.35. The Kier molecular flexibility index (Phi) is 4.94. The fourth-order valence-corrected chi connectivity index (χ4v) is 0.776. The van der Waals surface area contributed by atoms with Crippen LogP contribution in [0.2, 0.25) is 0 Å². The predicted molar refractivity (Wildman–Crippen MR) is 48.0 cm³/mol. The number of aliphatic carboxylic acids is 1. The van der Waals surface area contributed by atoms with Gasteiger partial charge >= 0.3 is 5.97 Å². The highest BCUT2D eigenvalue weighted by Gasteiger charge is 2.15. The molecule has 13 heavy (non-hydrogen) atoms. The van der Waals surface area contributed by atoms with E-state index in [9.17, 15) is 9.59 Å². The lowest BCUT2D eigenvalue weighted by Gasteiger charge is -2.09. The number of carbonyl (C=O) groups is 2. The summed E-state index contributed by atoms with van der Waals surface area (Å²) in [6.45, 7) is 3.27. The number of nitrogens with two attached hydrogens (primary N) is 2. The molecule has 0 heterocycles. The SMILES string of the molecule is C=CC(=O)C(N)CC[C@H](N)C(=O)O. The van der Waals surface area contributed by atoms with Gasteiger partial charge < -0.3 is 16.6 Å². The summed E-state index contributed by atoms with van der Waals surface area (Å²) in [5.74, 6) is -1.38. The van der Waals surface area contributed by atoms with E-state index in [1.807, 2.05) is 0 Å². The van der Waals surface area contributed by atoms with Crippen molar-refractivity contribution in [2.45, 2.75) is 24.9 Å². The van der Waals surface area contributed by atoms with Crippen molar-refractivity contribution in [2.75, 3.05) is 0 Å². The Morgan fingerprint density at radius 2 is 1.77 bits per heavy atom. The van der Waals surface area contributed by atoms with Crippen LogP contribution in [0.15, 0.2) is 12.7 Å². The van der Waals surface area contributed by atoms with Crippen LogP contribution < -0.4 is 11.5 Å². The Hall–Kier alpha value is -1.20. The van der Waals surface area contributed by atoms with E-state index < -0.39 is 18.1 Å². The second kappa shape index (κ2) is 5.45. The van der Waals surface area contributed by atoms with Crippen molar-refractivity contribution in [3.63, 3.8) is 0 Å². The van der Waals surface area contributed by atoms with E-state index in [-0.39, 0.29) is 18.6 Å². The fourth-order valence-electron chi connectivity index (χ4n) is 0.776. The highest BCUT2D eigenvalue weighted by atomic mass is 16.4. The van der Waals surface area contributed by atoms with Crippen LogP contribution in [0.5, 0.6) is 0 Å². The Bertz CT molecular complexity index is 215. The molecular weight excluding hydrogens is 172 g/mol. The Morgan fingerprint density at radius 3 is 2.15 bits per heavy atom. The van der Waals surface area contributed by atoms with E-state index in [1.165, 1.54) is 0 Å². The minimum Gasteiger partial charge on any atom is -0.480 e. The van der Waals surface area contributed by atoms with Crippen LogP contribution in [0.3, 0.4) is 0 Å². The summed E-state index contributed by atoms with van der Waals surface area (Å²) in [5.41, 5.74) is 10.6. The maximum Gasteiger partial charge on any atom is 0.320 e. The zero-order valence-corrected chi connectivity index (χ0v) is 7.27. The molecule has 5 heteroatoms. The van der Waals surface area contributed by atoms with Gasteiger partial charge in [0, 0.05) is 0 Å². The Labute approximate surface area is 76.4 Å². The van der Waals surface area contributed by atoms with Crippen LogP contribution >= 0.6 is 0 Å². The predicted octanol–water partition coefficient (Wildman–Crippen LogP) is -0.739. The molecule has 74 valence electrons. The van der Waals surface area contributed by atoms with Crippen LogP contribution in [-0.2, 0) is 9.59 Å². The molecule has 0 aromatic carbocycles. The largest absolute Gasteiger partial charge is 0.480 e. The zero-order valence-electron chi connectivity index (χ0n) is 7.27. The van der Waals surface area contributed by atoms with Crippen LogP contribution in [-0.4, -0.2) is 28.9 Å². The van der Waals surface area contributed by atoms with Crippen molar-refractivity contribution in [3.8, 4) is 0 Å². The normalized spacial score (nSPS) is 14.6. The Morgan fingerprint density at radius 1 is 1.31 bits per heavy atom. The fraction of sp³-hybridized carbons (Fsp3) is 0.500. The highest BCUT2D eigenvalue weighted by Crippen LogP contribution is 1.99. The molecule has 0 fully saturated rings. The summed E-state index contributed by atoms with van der Waals surface area (Å²) in [7, 11) is 0. The standard InChI is InChI=1S/C8H14N2O3/c1-2-7(11)5(9)3-4-6(10)8(12)13/h2,5-6H,1,3-4,9-10H2,(H,12,13)/t5?,6-/m0/s1. The summed E-state index contributed by atoms with van der Waals surface area (Å²) in [6, 6.07) is -1.65. The quantitative estimate of drug-likeness (QED) is 0.474. The van der Waals surface area contributed by atoms with Gasteiger partial charge in [0.1, 0.15) is 6.04 Å². The van der Waals surface area contributed by atoms with E-state index in [0.29, 0.717) is 0 Å². The molecule has 5 nitrogen and oxygen atoms in total. The number of rotatable bonds is 6. The molecule has 0 aliphatic heterocycles. The van der Waals surface area contributed by atoms with Crippen molar-refractivity contribution >= 4 is 11.8 Å². The maximum absolute atomic E-state index is 10.9. The number of hydrogen-bond acceptors (Lipinski definition) is 4. The van der Waals surface area contributed by atoms with Gasteiger partial charge in [-0.3, -0.25) is 9.59 Å². The van der Waals surface area contributed by atoms with E-state index in [0.717, 1.165) is 6.08 Å². The van der Waals surface area contributed by atoms with Crippen LogP contribution in [0.1, 0.15) is 12.8 Å². The van der Waals surface area contributed by atoms with E-state index >= 15 is 0 Å². The summed E-state index contributed by atoms with van der Waals surface area (Å²) < 4.78 is 0. The summed E-state index contributed by atoms with van der Waals surface area (Å²) in [6.07, 6.45) is 1.57. The minimum atomic E-state index is -1.08. The molecular formula is C8H14N2O3. The van der Waals surface area contributed by atoms with Crippen LogP contribution in [0.25, 0.3) is 0 Å². The molecule has 0 rings (SSSR count). The van der Waals surface area contributed by atoms with Gasteiger partial charge in [0.2, 0.25) is 0 Å². The second-order valence-electron chi connectivity index (χ2n) is 2.74. The van der Waals surface area contributed by atoms with E-state index in [2.05, 4.69) is 6.58 Å². The molecule has 0 aromatic heterocycles. The van der Waals surface area contributed by atoms with Gasteiger partial charge in [-0.1, -0.05) is 6.58 Å². The van der Waals surface area contributed by atoms with Crippen molar-refractivity contribution in [1.82, 2.24) is 0 Å². The number of carboxylic acids is 1. The van der Waals surface area contributed by atoms with Crippen molar-refractivity contribution in [3.05, 3.63) is 12.7 Å². The smallest absolute Gasteiger partial charge is 0.320 e. The highest BCUT2D eigenvalue weighted by molar-refractivity contribution is 5.93. The first kappa shape index (κ1) is 11.8. The molecule has 0 aliphatic rings. The molecule has 0 saturated heterocycles. The third kappa shape index (κ3) is 4.39. The molecule has 0 bridgehead atoms. The van der Waals surface area contributed by atoms with Crippen LogP contribution in [0, 0.1) is 0 Å². The minimum absolute atomic E-state index is 0.191. The molecule has 0 spiro atoms. The van der Waals surface area contributed by atoms with Crippen molar-refractivity contribution in [1.29, 1.82) is 0 Å². The lowest BCUT2D eigenvalue weighted by atomic mass is 10.0. The van der Waals surface area contributed by atoms with Gasteiger partial charge in [-0.2, -0.15) is 0 Å². The van der Waals surface area contributed by atoms with E-state index in [1.54, 1.807) is 0 Å². The van der Waals surface area contributed by atoms with Gasteiger partial charge in [-0.25, -0.2) is 0 Å². The maximum atomic E-state index is 10.9. The number of ketones is 1. The molecule has 5 N–H and O–H groups in total. The van der Waals surface area contributed by atoms with Gasteiger partial charge in [0.15, 0.2) is 5.78 Å². The average molecular weight is 186 g/mol. The average Bonchev–Trinajstić information content (AvgIpc) is 2.11. The molecule has 0 aromatic rings. The number of hydrogen-bond donors (Lipinski definition) is 3. The number of carbonyl (C=O) groups excluding carboxylic acids is 1. The van der Waals surface area contributed by atoms with Gasteiger partial charge in [0.25, 0.3) is 0 Å². The monoisotopic (exact) mass is 186 g/mol. The molecule has 0 radical (unpaired) electrons.